The second kappa shape index (κ2) is 4.76. The van der Waals surface area contributed by atoms with Crippen LogP contribution in [0.2, 0.25) is 0 Å². The summed E-state index contributed by atoms with van der Waals surface area (Å²) in [6, 6.07) is 6.17. The van der Waals surface area contributed by atoms with Gasteiger partial charge in [0.2, 0.25) is 0 Å². The molecule has 2 nitrogen and oxygen atoms in total. The lowest BCUT2D eigenvalue weighted by atomic mass is 9.77. The van der Waals surface area contributed by atoms with Crippen LogP contribution >= 0.6 is 15.9 Å². The maximum Gasteiger partial charge on any atom is 0.0611 e. The van der Waals surface area contributed by atoms with Crippen molar-refractivity contribution < 1.29 is 0 Å². The first-order valence-electron chi connectivity index (χ1n) is 6.99. The van der Waals surface area contributed by atoms with Gasteiger partial charge in [-0.05, 0) is 49.3 Å². The SMILES string of the molecule is Nc1ccc(Br)cc1N1CCC2(CCCC2)CC1. The molecule has 1 spiro atoms. The van der Waals surface area contributed by atoms with Crippen molar-refractivity contribution in [3.63, 3.8) is 0 Å². The van der Waals surface area contributed by atoms with Gasteiger partial charge in [0.05, 0.1) is 11.4 Å². The fourth-order valence-corrected chi connectivity index (χ4v) is 3.99. The predicted octanol–water partition coefficient (Wildman–Crippen LogP) is 4.19. The lowest BCUT2D eigenvalue weighted by molar-refractivity contribution is 0.226. The lowest BCUT2D eigenvalue weighted by Gasteiger charge is -2.40. The van der Waals surface area contributed by atoms with E-state index in [0.29, 0.717) is 5.41 Å². The fraction of sp³-hybridized carbons (Fsp3) is 0.600. The number of rotatable bonds is 1. The third-order valence-corrected chi connectivity index (χ3v) is 5.31. The molecule has 3 heteroatoms. The van der Waals surface area contributed by atoms with Gasteiger partial charge in [-0.3, -0.25) is 0 Å². The third kappa shape index (κ3) is 2.25. The molecular formula is C15H21BrN2. The number of nitrogens with zero attached hydrogens (tertiary/aromatic N) is 1. The van der Waals surface area contributed by atoms with Crippen LogP contribution in [0.15, 0.2) is 22.7 Å². The molecule has 1 heterocycles. The van der Waals surface area contributed by atoms with Crippen LogP contribution in [-0.4, -0.2) is 13.1 Å². The Bertz CT molecular complexity index is 428. The van der Waals surface area contributed by atoms with E-state index in [2.05, 4.69) is 26.9 Å². The van der Waals surface area contributed by atoms with Crippen molar-refractivity contribution in [1.82, 2.24) is 0 Å². The van der Waals surface area contributed by atoms with Crippen LogP contribution in [0.5, 0.6) is 0 Å². The largest absolute Gasteiger partial charge is 0.397 e. The molecular weight excluding hydrogens is 288 g/mol. The van der Waals surface area contributed by atoms with E-state index in [1.54, 1.807) is 0 Å². The van der Waals surface area contributed by atoms with Crippen molar-refractivity contribution in [3.8, 4) is 0 Å². The predicted molar refractivity (Wildman–Crippen MR) is 80.9 cm³/mol. The molecule has 1 aromatic carbocycles. The van der Waals surface area contributed by atoms with E-state index in [4.69, 9.17) is 5.73 Å². The second-order valence-corrected chi connectivity index (χ2v) is 6.81. The maximum absolute atomic E-state index is 6.10. The quantitative estimate of drug-likeness (QED) is 0.788. The van der Waals surface area contributed by atoms with E-state index < -0.39 is 0 Å². The zero-order valence-corrected chi connectivity index (χ0v) is 12.4. The highest BCUT2D eigenvalue weighted by molar-refractivity contribution is 9.10. The zero-order chi connectivity index (χ0) is 12.6. The standard InChI is InChI=1S/C15H21BrN2/c16-12-3-4-13(17)14(11-12)18-9-7-15(8-10-18)5-1-2-6-15/h3-4,11H,1-2,5-10,17H2. The summed E-state index contributed by atoms with van der Waals surface area (Å²) in [6.45, 7) is 2.33. The van der Waals surface area contributed by atoms with Gasteiger partial charge < -0.3 is 10.6 Å². The molecule has 1 aromatic rings. The second-order valence-electron chi connectivity index (χ2n) is 5.90. The molecule has 18 heavy (non-hydrogen) atoms. The zero-order valence-electron chi connectivity index (χ0n) is 10.8. The first kappa shape index (κ1) is 12.3. The Balaban J connectivity index is 1.74. The van der Waals surface area contributed by atoms with Crippen molar-refractivity contribution in [2.45, 2.75) is 38.5 Å². The first-order chi connectivity index (χ1) is 8.69. The van der Waals surface area contributed by atoms with Crippen molar-refractivity contribution in [2.24, 2.45) is 5.41 Å². The van der Waals surface area contributed by atoms with E-state index >= 15 is 0 Å². The average molecular weight is 309 g/mol. The Morgan fingerprint density at radius 3 is 2.39 bits per heavy atom. The van der Waals surface area contributed by atoms with Crippen LogP contribution < -0.4 is 10.6 Å². The van der Waals surface area contributed by atoms with Crippen molar-refractivity contribution in [1.29, 1.82) is 0 Å². The summed E-state index contributed by atoms with van der Waals surface area (Å²) in [5.74, 6) is 0. The van der Waals surface area contributed by atoms with Gasteiger partial charge in [0.25, 0.3) is 0 Å². The van der Waals surface area contributed by atoms with Crippen LogP contribution in [0.3, 0.4) is 0 Å². The molecule has 2 N–H and O–H groups in total. The lowest BCUT2D eigenvalue weighted by Crippen LogP contribution is -2.39. The number of nitrogens with two attached hydrogens (primary N) is 1. The number of anilines is 2. The summed E-state index contributed by atoms with van der Waals surface area (Å²) < 4.78 is 1.12. The molecule has 98 valence electrons. The molecule has 0 radical (unpaired) electrons. The van der Waals surface area contributed by atoms with E-state index in [-0.39, 0.29) is 0 Å². The Labute approximate surface area is 118 Å². The number of piperidine rings is 1. The number of benzene rings is 1. The van der Waals surface area contributed by atoms with E-state index in [1.165, 1.54) is 57.3 Å². The molecule has 0 bridgehead atoms. The van der Waals surface area contributed by atoms with Crippen LogP contribution in [0.4, 0.5) is 11.4 Å². The summed E-state index contributed by atoms with van der Waals surface area (Å²) in [5.41, 5.74) is 8.89. The van der Waals surface area contributed by atoms with Crippen LogP contribution in [-0.2, 0) is 0 Å². The monoisotopic (exact) mass is 308 g/mol. The van der Waals surface area contributed by atoms with Crippen molar-refractivity contribution in [2.75, 3.05) is 23.7 Å². The summed E-state index contributed by atoms with van der Waals surface area (Å²) in [4.78, 5) is 2.46. The molecule has 0 atom stereocenters. The fourth-order valence-electron chi connectivity index (χ4n) is 3.64. The number of hydrogen-bond acceptors (Lipinski definition) is 2. The topological polar surface area (TPSA) is 29.3 Å². The molecule has 1 saturated heterocycles. The summed E-state index contributed by atoms with van der Waals surface area (Å²) in [6.07, 6.45) is 8.49. The Hall–Kier alpha value is -0.700. The smallest absolute Gasteiger partial charge is 0.0611 e. The average Bonchev–Trinajstić information content (AvgIpc) is 2.82. The summed E-state index contributed by atoms with van der Waals surface area (Å²) in [7, 11) is 0. The number of hydrogen-bond donors (Lipinski definition) is 1. The highest BCUT2D eigenvalue weighted by Crippen LogP contribution is 2.47. The van der Waals surface area contributed by atoms with Crippen LogP contribution in [0.1, 0.15) is 38.5 Å². The highest BCUT2D eigenvalue weighted by atomic mass is 79.9. The minimum atomic E-state index is 0.678. The highest BCUT2D eigenvalue weighted by Gasteiger charge is 2.37. The van der Waals surface area contributed by atoms with Gasteiger partial charge in [0, 0.05) is 17.6 Å². The van der Waals surface area contributed by atoms with E-state index in [0.717, 1.165) is 10.2 Å². The molecule has 1 saturated carbocycles. The minimum Gasteiger partial charge on any atom is -0.397 e. The van der Waals surface area contributed by atoms with Gasteiger partial charge >= 0.3 is 0 Å². The van der Waals surface area contributed by atoms with Gasteiger partial charge in [-0.15, -0.1) is 0 Å². The van der Waals surface area contributed by atoms with Gasteiger partial charge in [-0.25, -0.2) is 0 Å². The molecule has 0 amide bonds. The molecule has 0 aromatic heterocycles. The van der Waals surface area contributed by atoms with E-state index in [1.807, 2.05) is 12.1 Å². The minimum absolute atomic E-state index is 0.678. The Kier molecular flexibility index (Phi) is 3.27. The molecule has 2 aliphatic rings. The number of halogens is 1. The molecule has 3 rings (SSSR count). The van der Waals surface area contributed by atoms with E-state index in [9.17, 15) is 0 Å². The van der Waals surface area contributed by atoms with Crippen molar-refractivity contribution in [3.05, 3.63) is 22.7 Å². The van der Waals surface area contributed by atoms with Crippen molar-refractivity contribution >= 4 is 27.3 Å². The van der Waals surface area contributed by atoms with Crippen LogP contribution in [0.25, 0.3) is 0 Å². The molecule has 1 aliphatic carbocycles. The normalized spacial score (nSPS) is 22.6. The number of nitrogen functional groups attached to an aromatic ring is 1. The summed E-state index contributed by atoms with van der Waals surface area (Å²) >= 11 is 3.54. The molecule has 1 aliphatic heterocycles. The van der Waals surface area contributed by atoms with Gasteiger partial charge in [-0.1, -0.05) is 28.8 Å². The molecule has 0 unspecified atom stereocenters. The Morgan fingerprint density at radius 2 is 1.72 bits per heavy atom. The molecule has 2 fully saturated rings. The third-order valence-electron chi connectivity index (χ3n) is 4.82. The Morgan fingerprint density at radius 1 is 1.06 bits per heavy atom. The first-order valence-corrected chi connectivity index (χ1v) is 7.78. The van der Waals surface area contributed by atoms with Gasteiger partial charge in [-0.2, -0.15) is 0 Å². The van der Waals surface area contributed by atoms with Crippen LogP contribution in [0, 0.1) is 5.41 Å². The maximum atomic E-state index is 6.10. The van der Waals surface area contributed by atoms with Gasteiger partial charge in [0.1, 0.15) is 0 Å². The summed E-state index contributed by atoms with van der Waals surface area (Å²) in [5, 5.41) is 0. The van der Waals surface area contributed by atoms with Gasteiger partial charge in [0.15, 0.2) is 0 Å².